The van der Waals surface area contributed by atoms with Gasteiger partial charge in [0.15, 0.2) is 0 Å². The maximum absolute atomic E-state index is 11.2. The minimum atomic E-state index is -3.70. The number of rotatable bonds is 4. The highest BCUT2D eigenvalue weighted by molar-refractivity contribution is 7.89. The van der Waals surface area contributed by atoms with E-state index in [4.69, 9.17) is 5.14 Å². The summed E-state index contributed by atoms with van der Waals surface area (Å²) in [4.78, 5) is 8.34. The van der Waals surface area contributed by atoms with Crippen LogP contribution < -0.4 is 15.8 Å². The molecule has 2 aromatic heterocycles. The number of nitrogens with two attached hydrogens (primary N) is 1. The number of hydrogen-bond donors (Lipinski definition) is 3. The summed E-state index contributed by atoms with van der Waals surface area (Å²) in [6, 6.07) is 7.84. The van der Waals surface area contributed by atoms with Crippen LogP contribution in [-0.4, -0.2) is 35.0 Å². The lowest BCUT2D eigenvalue weighted by atomic mass is 10.3. The van der Waals surface area contributed by atoms with E-state index in [1.165, 1.54) is 23.0 Å². The molecule has 0 unspecified atom stereocenters. The summed E-state index contributed by atoms with van der Waals surface area (Å²) in [7, 11) is -1.95. The van der Waals surface area contributed by atoms with Crippen LogP contribution in [0.2, 0.25) is 0 Å². The van der Waals surface area contributed by atoms with Gasteiger partial charge in [0.25, 0.3) is 5.78 Å². The van der Waals surface area contributed by atoms with Crippen LogP contribution in [0, 0.1) is 0 Å². The Morgan fingerprint density at radius 1 is 1.23 bits per heavy atom. The van der Waals surface area contributed by atoms with Crippen LogP contribution in [0.1, 0.15) is 0 Å². The van der Waals surface area contributed by atoms with Crippen molar-refractivity contribution < 1.29 is 8.42 Å². The predicted octanol–water partition coefficient (Wildman–Crippen LogP) is 0.557. The molecule has 0 aliphatic rings. The smallest absolute Gasteiger partial charge is 0.256 e. The Hall–Kier alpha value is -2.72. The van der Waals surface area contributed by atoms with E-state index in [-0.39, 0.29) is 4.90 Å². The van der Waals surface area contributed by atoms with Crippen molar-refractivity contribution in [1.82, 2.24) is 19.6 Å². The minimum absolute atomic E-state index is 0.0506. The second-order valence-corrected chi connectivity index (χ2v) is 6.00. The first kappa shape index (κ1) is 14.2. The van der Waals surface area contributed by atoms with Crippen LogP contribution in [0.3, 0.4) is 0 Å². The topological polar surface area (TPSA) is 127 Å². The van der Waals surface area contributed by atoms with Crippen molar-refractivity contribution in [3.8, 4) is 0 Å². The van der Waals surface area contributed by atoms with Gasteiger partial charge in [0, 0.05) is 18.8 Å². The molecule has 9 nitrogen and oxygen atoms in total. The molecular formula is C12H13N7O2S. The first-order valence-corrected chi connectivity index (χ1v) is 7.80. The molecule has 0 atom stereocenters. The summed E-state index contributed by atoms with van der Waals surface area (Å²) in [5.74, 6) is 1.70. The van der Waals surface area contributed by atoms with E-state index in [9.17, 15) is 8.42 Å². The maximum Gasteiger partial charge on any atom is 0.256 e. The molecule has 0 saturated carbocycles. The van der Waals surface area contributed by atoms with Gasteiger partial charge in [-0.3, -0.25) is 0 Å². The number of nitrogens with one attached hydrogen (secondary N) is 2. The number of anilines is 3. The lowest BCUT2D eigenvalue weighted by Gasteiger charge is -2.10. The Kier molecular flexibility index (Phi) is 3.39. The zero-order chi connectivity index (χ0) is 15.7. The summed E-state index contributed by atoms with van der Waals surface area (Å²) in [6.45, 7) is 0. The SMILES string of the molecule is CNc1cc(Nc2ccc(S(N)(=O)=O)cc2)n2ncnc2n1. The number of hydrogen-bond acceptors (Lipinski definition) is 7. The lowest BCUT2D eigenvalue weighted by Crippen LogP contribution is -2.12. The first-order chi connectivity index (χ1) is 10.5. The fraction of sp³-hybridized carbons (Fsp3) is 0.0833. The van der Waals surface area contributed by atoms with Crippen LogP contribution in [0.5, 0.6) is 0 Å². The fourth-order valence-electron chi connectivity index (χ4n) is 1.91. The number of fused-ring (bicyclic) bond motifs is 1. The van der Waals surface area contributed by atoms with Crippen molar-refractivity contribution in [3.05, 3.63) is 36.7 Å². The average molecular weight is 319 g/mol. The zero-order valence-corrected chi connectivity index (χ0v) is 12.4. The molecule has 0 radical (unpaired) electrons. The summed E-state index contributed by atoms with van der Waals surface area (Å²) >= 11 is 0. The second kappa shape index (κ2) is 5.24. The van der Waals surface area contributed by atoms with Gasteiger partial charge in [-0.15, -0.1) is 0 Å². The van der Waals surface area contributed by atoms with Crippen molar-refractivity contribution in [2.75, 3.05) is 17.7 Å². The molecule has 2 heterocycles. The third kappa shape index (κ3) is 2.69. The number of nitrogens with zero attached hydrogens (tertiary/aromatic N) is 4. The van der Waals surface area contributed by atoms with E-state index in [1.54, 1.807) is 25.2 Å². The predicted molar refractivity (Wildman–Crippen MR) is 81.4 cm³/mol. The molecule has 22 heavy (non-hydrogen) atoms. The minimum Gasteiger partial charge on any atom is -0.373 e. The fourth-order valence-corrected chi connectivity index (χ4v) is 2.42. The molecule has 0 fully saturated rings. The van der Waals surface area contributed by atoms with Gasteiger partial charge in [0.1, 0.15) is 18.0 Å². The summed E-state index contributed by atoms with van der Waals surface area (Å²) in [5.41, 5.74) is 0.678. The molecule has 0 bridgehead atoms. The van der Waals surface area contributed by atoms with Gasteiger partial charge in [0.05, 0.1) is 4.90 Å². The Bertz CT molecular complexity index is 918. The summed E-state index contributed by atoms with van der Waals surface area (Å²) in [5, 5.41) is 15.2. The van der Waals surface area contributed by atoms with E-state index in [2.05, 4.69) is 25.7 Å². The molecule has 0 aliphatic heterocycles. The van der Waals surface area contributed by atoms with Gasteiger partial charge >= 0.3 is 0 Å². The van der Waals surface area contributed by atoms with Gasteiger partial charge in [-0.25, -0.2) is 13.6 Å². The molecule has 0 aliphatic carbocycles. The molecular weight excluding hydrogens is 306 g/mol. The maximum atomic E-state index is 11.2. The van der Waals surface area contributed by atoms with E-state index in [0.29, 0.717) is 23.1 Å². The average Bonchev–Trinajstić information content (AvgIpc) is 2.95. The quantitative estimate of drug-likeness (QED) is 0.641. The molecule has 10 heteroatoms. The highest BCUT2D eigenvalue weighted by Gasteiger charge is 2.09. The highest BCUT2D eigenvalue weighted by Crippen LogP contribution is 2.20. The second-order valence-electron chi connectivity index (χ2n) is 4.44. The zero-order valence-electron chi connectivity index (χ0n) is 11.6. The lowest BCUT2D eigenvalue weighted by molar-refractivity contribution is 0.598. The van der Waals surface area contributed by atoms with Crippen LogP contribution in [0.4, 0.5) is 17.3 Å². The normalized spacial score (nSPS) is 11.5. The van der Waals surface area contributed by atoms with E-state index < -0.39 is 10.0 Å². The first-order valence-electron chi connectivity index (χ1n) is 6.26. The molecule has 1 aromatic carbocycles. The Balaban J connectivity index is 1.97. The molecule has 4 N–H and O–H groups in total. The molecule has 114 valence electrons. The molecule has 0 amide bonds. The van der Waals surface area contributed by atoms with Crippen molar-refractivity contribution in [2.45, 2.75) is 4.90 Å². The molecule has 0 spiro atoms. The van der Waals surface area contributed by atoms with Gasteiger partial charge in [-0.2, -0.15) is 19.6 Å². The number of sulfonamides is 1. The van der Waals surface area contributed by atoms with Gasteiger partial charge in [-0.1, -0.05) is 0 Å². The Morgan fingerprint density at radius 3 is 2.59 bits per heavy atom. The van der Waals surface area contributed by atoms with Crippen LogP contribution >= 0.6 is 0 Å². The van der Waals surface area contributed by atoms with Crippen LogP contribution in [0.25, 0.3) is 5.78 Å². The van der Waals surface area contributed by atoms with Crippen molar-refractivity contribution in [2.24, 2.45) is 5.14 Å². The molecule has 3 aromatic rings. The van der Waals surface area contributed by atoms with Crippen LogP contribution in [0.15, 0.2) is 41.6 Å². The van der Waals surface area contributed by atoms with E-state index in [0.717, 1.165) is 0 Å². The third-order valence-electron chi connectivity index (χ3n) is 2.96. The summed E-state index contributed by atoms with van der Waals surface area (Å²) in [6.07, 6.45) is 1.40. The van der Waals surface area contributed by atoms with Gasteiger partial charge in [-0.05, 0) is 24.3 Å². The molecule has 0 saturated heterocycles. The Labute approximate surface area is 126 Å². The Morgan fingerprint density at radius 2 is 1.95 bits per heavy atom. The van der Waals surface area contributed by atoms with E-state index in [1.807, 2.05) is 0 Å². The van der Waals surface area contributed by atoms with Crippen molar-refractivity contribution in [1.29, 1.82) is 0 Å². The third-order valence-corrected chi connectivity index (χ3v) is 3.89. The van der Waals surface area contributed by atoms with Gasteiger partial charge in [0.2, 0.25) is 10.0 Å². The number of aromatic nitrogens is 4. The largest absolute Gasteiger partial charge is 0.373 e. The van der Waals surface area contributed by atoms with Crippen molar-refractivity contribution in [3.63, 3.8) is 0 Å². The van der Waals surface area contributed by atoms with Crippen molar-refractivity contribution >= 4 is 33.1 Å². The number of primary sulfonamides is 1. The van der Waals surface area contributed by atoms with Crippen LogP contribution in [-0.2, 0) is 10.0 Å². The monoisotopic (exact) mass is 319 g/mol. The van der Waals surface area contributed by atoms with Gasteiger partial charge < -0.3 is 10.6 Å². The van der Waals surface area contributed by atoms with E-state index >= 15 is 0 Å². The standard InChI is InChI=1S/C12H13N7O2S/c1-14-10-6-11(19-12(18-10)15-7-16-19)17-8-2-4-9(5-3-8)22(13,20)21/h2-7,17H,1H3,(H2,13,20,21)(H,14,15,16,18). The number of benzene rings is 1. The summed E-state index contributed by atoms with van der Waals surface area (Å²) < 4.78 is 24.0. The molecule has 3 rings (SSSR count). The highest BCUT2D eigenvalue weighted by atomic mass is 32.2.